The van der Waals surface area contributed by atoms with Crippen molar-refractivity contribution in [3.05, 3.63) is 176 Å². The van der Waals surface area contributed by atoms with E-state index in [1.807, 2.05) is 6.07 Å². The summed E-state index contributed by atoms with van der Waals surface area (Å²) in [5.41, 5.74) is 7.59. The van der Waals surface area contributed by atoms with Gasteiger partial charge in [-0.3, -0.25) is 0 Å². The number of benzene rings is 8. The second kappa shape index (κ2) is 12.6. The lowest BCUT2D eigenvalue weighted by Gasteiger charge is -2.14. The molecule has 0 aliphatic rings. The van der Waals surface area contributed by atoms with E-state index < -0.39 is 0 Å². The fourth-order valence-corrected chi connectivity index (χ4v) is 6.80. The van der Waals surface area contributed by atoms with Crippen molar-refractivity contribution in [2.75, 3.05) is 0 Å². The minimum Gasteiger partial charge on any atom is -0.208 e. The van der Waals surface area contributed by atoms with Gasteiger partial charge in [-0.05, 0) is 60.6 Å². The molecule has 49 heavy (non-hydrogen) atoms. The molecule has 9 aromatic rings. The topological polar surface area (TPSA) is 38.7 Å². The summed E-state index contributed by atoms with van der Waals surface area (Å²) in [6, 6.07) is 61.6. The highest BCUT2D eigenvalue weighted by molar-refractivity contribution is 6.13. The average Bonchev–Trinajstić information content (AvgIpc) is 3.17. The summed E-state index contributed by atoms with van der Waals surface area (Å²) in [4.78, 5) is 15.6. The zero-order valence-corrected chi connectivity index (χ0v) is 26.1. The van der Waals surface area contributed by atoms with Crippen molar-refractivity contribution in [2.45, 2.75) is 7.43 Å². The lowest BCUT2D eigenvalue weighted by Crippen LogP contribution is -2.01. The van der Waals surface area contributed by atoms with Crippen molar-refractivity contribution >= 4 is 32.3 Å². The van der Waals surface area contributed by atoms with E-state index in [2.05, 4.69) is 170 Å². The third-order valence-corrected chi connectivity index (χ3v) is 9.14. The second-order valence-corrected chi connectivity index (χ2v) is 12.0. The van der Waals surface area contributed by atoms with Gasteiger partial charge in [-0.15, -0.1) is 0 Å². The Morgan fingerprint density at radius 1 is 0.265 bits per heavy atom. The molecule has 3 nitrogen and oxygen atoms in total. The number of nitrogens with zero attached hydrogens (tertiary/aromatic N) is 3. The molecule has 0 fully saturated rings. The zero-order valence-electron chi connectivity index (χ0n) is 26.1. The monoisotopic (exact) mass is 627 g/mol. The van der Waals surface area contributed by atoms with Crippen LogP contribution in [-0.2, 0) is 0 Å². The van der Waals surface area contributed by atoms with Crippen molar-refractivity contribution in [3.63, 3.8) is 0 Å². The Balaban J connectivity index is 0.00000348. The summed E-state index contributed by atoms with van der Waals surface area (Å²) in [6.07, 6.45) is 0. The van der Waals surface area contributed by atoms with Gasteiger partial charge in [0.15, 0.2) is 17.5 Å². The maximum Gasteiger partial charge on any atom is 0.164 e. The summed E-state index contributed by atoms with van der Waals surface area (Å²) >= 11 is 0. The molecular formula is C46H33N3. The molecule has 3 heteroatoms. The third kappa shape index (κ3) is 5.42. The quantitative estimate of drug-likeness (QED) is 0.178. The van der Waals surface area contributed by atoms with Crippen molar-refractivity contribution in [1.29, 1.82) is 0 Å². The van der Waals surface area contributed by atoms with Crippen molar-refractivity contribution < 1.29 is 0 Å². The summed E-state index contributed by atoms with van der Waals surface area (Å²) in [5.74, 6) is 1.94. The third-order valence-electron chi connectivity index (χ3n) is 9.14. The molecular weight excluding hydrogens is 595 g/mol. The summed E-state index contributed by atoms with van der Waals surface area (Å²) < 4.78 is 0. The van der Waals surface area contributed by atoms with Crippen LogP contribution in [0.15, 0.2) is 176 Å². The maximum atomic E-state index is 5.25. The lowest BCUT2D eigenvalue weighted by atomic mass is 9.95. The molecule has 0 N–H and O–H groups in total. The molecule has 0 unspecified atom stereocenters. The molecule has 0 saturated carbocycles. The van der Waals surface area contributed by atoms with Gasteiger partial charge in [0.05, 0.1) is 0 Å². The van der Waals surface area contributed by atoms with Gasteiger partial charge in [0.2, 0.25) is 0 Å². The predicted octanol–water partition coefficient (Wildman–Crippen LogP) is 12.3. The van der Waals surface area contributed by atoms with Crippen LogP contribution in [0.1, 0.15) is 7.43 Å². The Bertz CT molecular complexity index is 2590. The van der Waals surface area contributed by atoms with Crippen molar-refractivity contribution in [2.24, 2.45) is 0 Å². The van der Waals surface area contributed by atoms with Crippen LogP contribution >= 0.6 is 0 Å². The molecule has 1 aromatic heterocycles. The van der Waals surface area contributed by atoms with Gasteiger partial charge in [0.25, 0.3) is 0 Å². The average molecular weight is 628 g/mol. The van der Waals surface area contributed by atoms with Crippen LogP contribution in [0.3, 0.4) is 0 Å². The molecule has 1 heterocycles. The van der Waals surface area contributed by atoms with Gasteiger partial charge in [-0.25, -0.2) is 15.0 Å². The first-order chi connectivity index (χ1) is 23.8. The SMILES string of the molecule is C.c1ccc(-c2ccc(-c3nc(-c4cccc5c(-c6ccccc6)cccc45)nc(-c4cc5ccccc5c5ccccc45)n3)cc2)cc1. The zero-order chi connectivity index (χ0) is 31.9. The minimum absolute atomic E-state index is 0. The predicted molar refractivity (Wildman–Crippen MR) is 206 cm³/mol. The number of hydrogen-bond acceptors (Lipinski definition) is 3. The number of fused-ring (bicyclic) bond motifs is 4. The van der Waals surface area contributed by atoms with Gasteiger partial charge in [-0.2, -0.15) is 0 Å². The first-order valence-electron chi connectivity index (χ1n) is 16.2. The largest absolute Gasteiger partial charge is 0.208 e. The van der Waals surface area contributed by atoms with Gasteiger partial charge in [0.1, 0.15) is 0 Å². The van der Waals surface area contributed by atoms with Crippen molar-refractivity contribution in [3.8, 4) is 56.4 Å². The van der Waals surface area contributed by atoms with E-state index in [1.54, 1.807) is 0 Å². The molecule has 0 bridgehead atoms. The smallest absolute Gasteiger partial charge is 0.164 e. The number of hydrogen-bond donors (Lipinski definition) is 0. The van der Waals surface area contributed by atoms with Crippen LogP contribution in [0, 0.1) is 0 Å². The van der Waals surface area contributed by atoms with Crippen LogP contribution in [0.4, 0.5) is 0 Å². The van der Waals surface area contributed by atoms with Crippen LogP contribution in [0.2, 0.25) is 0 Å². The fourth-order valence-electron chi connectivity index (χ4n) is 6.80. The van der Waals surface area contributed by atoms with Crippen LogP contribution in [0.25, 0.3) is 88.7 Å². The van der Waals surface area contributed by atoms with Crippen LogP contribution < -0.4 is 0 Å². The Morgan fingerprint density at radius 3 is 1.43 bits per heavy atom. The van der Waals surface area contributed by atoms with Gasteiger partial charge in [-0.1, -0.05) is 177 Å². The first kappa shape index (κ1) is 29.9. The standard InChI is InChI=1S/C45H29N3.CH4/c1-3-13-30(14-4-1)31-25-27-33(28-26-31)43-46-44(41-24-12-22-38-35(21-11-23-39(38)41)32-15-5-2-6-16-32)48-45(47-43)42-29-34-17-7-8-18-36(34)37-19-9-10-20-40(37)42;/h1-29H;1H4. The Labute approximate surface area is 286 Å². The molecule has 232 valence electrons. The van der Waals surface area contributed by atoms with E-state index in [-0.39, 0.29) is 7.43 Å². The van der Waals surface area contributed by atoms with E-state index in [9.17, 15) is 0 Å². The first-order valence-corrected chi connectivity index (χ1v) is 16.2. The molecule has 0 radical (unpaired) electrons. The Kier molecular flexibility index (Phi) is 7.71. The summed E-state index contributed by atoms with van der Waals surface area (Å²) in [6.45, 7) is 0. The fraction of sp³-hybridized carbons (Fsp3) is 0.0217. The Morgan fingerprint density at radius 2 is 0.714 bits per heavy atom. The maximum absolute atomic E-state index is 5.25. The van der Waals surface area contributed by atoms with E-state index in [4.69, 9.17) is 15.0 Å². The summed E-state index contributed by atoms with van der Waals surface area (Å²) in [7, 11) is 0. The van der Waals surface area contributed by atoms with Gasteiger partial charge in [0, 0.05) is 16.7 Å². The molecule has 0 amide bonds. The highest BCUT2D eigenvalue weighted by Gasteiger charge is 2.18. The van der Waals surface area contributed by atoms with E-state index in [0.29, 0.717) is 17.5 Å². The molecule has 0 aliphatic carbocycles. The van der Waals surface area contributed by atoms with Gasteiger partial charge < -0.3 is 0 Å². The molecule has 0 atom stereocenters. The van der Waals surface area contributed by atoms with E-state index in [1.165, 1.54) is 27.5 Å². The molecule has 8 aromatic carbocycles. The molecule has 0 saturated heterocycles. The Hall–Kier alpha value is -6.45. The summed E-state index contributed by atoms with van der Waals surface area (Å²) in [5, 5.41) is 6.92. The molecule has 9 rings (SSSR count). The minimum atomic E-state index is 0. The molecule has 0 spiro atoms. The highest BCUT2D eigenvalue weighted by atomic mass is 15.0. The lowest BCUT2D eigenvalue weighted by molar-refractivity contribution is 1.08. The van der Waals surface area contributed by atoms with Gasteiger partial charge >= 0.3 is 0 Å². The normalized spacial score (nSPS) is 11.1. The van der Waals surface area contributed by atoms with Crippen LogP contribution in [-0.4, -0.2) is 15.0 Å². The number of aromatic nitrogens is 3. The molecule has 0 aliphatic heterocycles. The second-order valence-electron chi connectivity index (χ2n) is 12.0. The van der Waals surface area contributed by atoms with E-state index >= 15 is 0 Å². The van der Waals surface area contributed by atoms with E-state index in [0.717, 1.165) is 43.8 Å². The highest BCUT2D eigenvalue weighted by Crippen LogP contribution is 2.37. The van der Waals surface area contributed by atoms with Crippen molar-refractivity contribution in [1.82, 2.24) is 15.0 Å². The number of rotatable bonds is 5. The van der Waals surface area contributed by atoms with Crippen LogP contribution in [0.5, 0.6) is 0 Å².